The highest BCUT2D eigenvalue weighted by Gasteiger charge is 2.50. The van der Waals surface area contributed by atoms with Crippen molar-refractivity contribution in [1.82, 2.24) is 14.9 Å². The Kier molecular flexibility index (Phi) is 7.21. The van der Waals surface area contributed by atoms with E-state index in [1.54, 1.807) is 0 Å². The molecule has 0 saturated carbocycles. The number of nitrogens with one attached hydrogen (secondary N) is 2. The smallest absolute Gasteiger partial charge is 0.356 e. The highest BCUT2D eigenvalue weighted by atomic mass is 32.2. The number of hydrogen-bond donors (Lipinski definition) is 2. The zero-order valence-electron chi connectivity index (χ0n) is 15.1. The lowest BCUT2D eigenvalue weighted by molar-refractivity contribution is -0.0494. The second-order valence-electron chi connectivity index (χ2n) is 6.25. The van der Waals surface area contributed by atoms with Crippen molar-refractivity contribution < 1.29 is 30.4 Å². The van der Waals surface area contributed by atoms with Gasteiger partial charge in [-0.2, -0.15) is 17.5 Å². The monoisotopic (exact) mass is 428 g/mol. The first-order valence-corrected chi connectivity index (χ1v) is 9.96. The summed E-state index contributed by atoms with van der Waals surface area (Å²) < 4.78 is 87.5. The fourth-order valence-electron chi connectivity index (χ4n) is 2.81. The van der Waals surface area contributed by atoms with E-state index in [9.17, 15) is 30.4 Å². The van der Waals surface area contributed by atoms with Crippen LogP contribution in [-0.2, 0) is 16.4 Å². The molecule has 0 aromatic heterocycles. The van der Waals surface area contributed by atoms with E-state index in [4.69, 9.17) is 0 Å². The first-order valence-electron chi connectivity index (χ1n) is 8.52. The number of sulfonamides is 1. The molecule has 0 spiro atoms. The van der Waals surface area contributed by atoms with Gasteiger partial charge in [-0.15, -0.1) is 0 Å². The van der Waals surface area contributed by atoms with Crippen molar-refractivity contribution in [2.75, 3.05) is 26.7 Å². The molecule has 158 valence electrons. The van der Waals surface area contributed by atoms with E-state index in [2.05, 4.69) is 15.6 Å². The fraction of sp³-hybridized carbons (Fsp3) is 0.562. The molecule has 1 aliphatic rings. The second kappa shape index (κ2) is 9.03. The SMILES string of the molecule is CN=C(NCCc1ccc(F)cc1F)NC1CCN(S(=O)(=O)C(F)(F)F)CC1. The molecule has 1 fully saturated rings. The molecule has 1 saturated heterocycles. The lowest BCUT2D eigenvalue weighted by atomic mass is 10.1. The molecule has 0 atom stereocenters. The molecule has 0 unspecified atom stereocenters. The summed E-state index contributed by atoms with van der Waals surface area (Å²) in [4.78, 5) is 3.99. The number of halogens is 5. The van der Waals surface area contributed by atoms with Crippen molar-refractivity contribution in [3.05, 3.63) is 35.4 Å². The molecule has 0 bridgehead atoms. The number of alkyl halides is 3. The van der Waals surface area contributed by atoms with Crippen LogP contribution < -0.4 is 10.6 Å². The van der Waals surface area contributed by atoms with E-state index in [1.165, 1.54) is 13.1 Å². The highest BCUT2D eigenvalue weighted by Crippen LogP contribution is 2.28. The minimum atomic E-state index is -5.31. The Hall–Kier alpha value is -1.95. The number of piperidine rings is 1. The summed E-state index contributed by atoms with van der Waals surface area (Å²) in [6, 6.07) is 3.05. The molecule has 2 N–H and O–H groups in total. The largest absolute Gasteiger partial charge is 0.511 e. The number of hydrogen-bond acceptors (Lipinski definition) is 3. The Morgan fingerprint density at radius 2 is 1.89 bits per heavy atom. The Morgan fingerprint density at radius 3 is 2.43 bits per heavy atom. The third-order valence-corrected chi connectivity index (χ3v) is 5.98. The van der Waals surface area contributed by atoms with Crippen molar-refractivity contribution >= 4 is 16.0 Å². The van der Waals surface area contributed by atoms with Crippen LogP contribution in [0.4, 0.5) is 22.0 Å². The topological polar surface area (TPSA) is 73.8 Å². The average molecular weight is 428 g/mol. The number of aliphatic imine (C=N–C) groups is 1. The van der Waals surface area contributed by atoms with Gasteiger partial charge in [-0.3, -0.25) is 4.99 Å². The number of nitrogens with zero attached hydrogens (tertiary/aromatic N) is 2. The van der Waals surface area contributed by atoms with Crippen molar-refractivity contribution in [3.8, 4) is 0 Å². The van der Waals surface area contributed by atoms with E-state index in [0.29, 0.717) is 22.4 Å². The number of rotatable bonds is 5. The van der Waals surface area contributed by atoms with Gasteiger partial charge in [0.2, 0.25) is 0 Å². The maximum Gasteiger partial charge on any atom is 0.511 e. The molecule has 0 radical (unpaired) electrons. The van der Waals surface area contributed by atoms with Crippen LogP contribution in [0, 0.1) is 11.6 Å². The number of guanidine groups is 1. The first-order chi connectivity index (χ1) is 13.0. The van der Waals surface area contributed by atoms with Gasteiger partial charge >= 0.3 is 15.5 Å². The van der Waals surface area contributed by atoms with E-state index in [0.717, 1.165) is 12.1 Å². The molecule has 12 heteroatoms. The van der Waals surface area contributed by atoms with Crippen molar-refractivity contribution in [2.45, 2.75) is 30.8 Å². The summed E-state index contributed by atoms with van der Waals surface area (Å²) in [5.41, 5.74) is -4.98. The van der Waals surface area contributed by atoms with Crippen LogP contribution in [0.5, 0.6) is 0 Å². The van der Waals surface area contributed by atoms with Crippen LogP contribution in [-0.4, -0.2) is 56.9 Å². The summed E-state index contributed by atoms with van der Waals surface area (Å²) in [5.74, 6) is -0.951. The highest BCUT2D eigenvalue weighted by molar-refractivity contribution is 7.90. The van der Waals surface area contributed by atoms with Crippen LogP contribution in [0.15, 0.2) is 23.2 Å². The van der Waals surface area contributed by atoms with E-state index in [1.807, 2.05) is 0 Å². The van der Waals surface area contributed by atoms with Crippen LogP contribution in [0.3, 0.4) is 0 Å². The Balaban J connectivity index is 1.81. The standard InChI is InChI=1S/C16H21F5N4O2S/c1-22-15(23-7-4-11-2-3-12(17)10-14(11)18)24-13-5-8-25(9-6-13)28(26,27)16(19,20)21/h2-3,10,13H,4-9H2,1H3,(H2,22,23,24). The molecule has 0 aliphatic carbocycles. The Morgan fingerprint density at radius 1 is 1.25 bits per heavy atom. The molecule has 1 aliphatic heterocycles. The van der Waals surface area contributed by atoms with Crippen molar-refractivity contribution in [2.24, 2.45) is 4.99 Å². The lowest BCUT2D eigenvalue weighted by Gasteiger charge is -2.32. The van der Waals surface area contributed by atoms with Crippen LogP contribution in [0.2, 0.25) is 0 Å². The predicted octanol–water partition coefficient (Wildman–Crippen LogP) is 1.99. The van der Waals surface area contributed by atoms with Crippen molar-refractivity contribution in [3.63, 3.8) is 0 Å². The van der Waals surface area contributed by atoms with E-state index >= 15 is 0 Å². The molecular formula is C16H21F5N4O2S. The Bertz CT molecular complexity index is 806. The number of benzene rings is 1. The normalized spacial score (nSPS) is 17.6. The van der Waals surface area contributed by atoms with Gasteiger partial charge < -0.3 is 10.6 Å². The van der Waals surface area contributed by atoms with Crippen LogP contribution in [0.1, 0.15) is 18.4 Å². The van der Waals surface area contributed by atoms with Crippen LogP contribution in [0.25, 0.3) is 0 Å². The molecular weight excluding hydrogens is 407 g/mol. The average Bonchev–Trinajstić information content (AvgIpc) is 2.62. The predicted molar refractivity (Wildman–Crippen MR) is 94.1 cm³/mol. The molecule has 1 aromatic carbocycles. The second-order valence-corrected chi connectivity index (χ2v) is 8.18. The molecule has 1 aromatic rings. The Labute approximate surface area is 159 Å². The van der Waals surface area contributed by atoms with Crippen LogP contribution >= 0.6 is 0 Å². The maximum absolute atomic E-state index is 13.6. The zero-order chi connectivity index (χ0) is 20.9. The maximum atomic E-state index is 13.6. The molecule has 2 rings (SSSR count). The summed E-state index contributed by atoms with van der Waals surface area (Å²) in [7, 11) is -3.81. The van der Waals surface area contributed by atoms with Gasteiger partial charge in [-0.05, 0) is 30.9 Å². The summed E-state index contributed by atoms with van der Waals surface area (Å²) in [6.07, 6.45) is 0.639. The molecule has 28 heavy (non-hydrogen) atoms. The minimum absolute atomic E-state index is 0.183. The van der Waals surface area contributed by atoms with E-state index in [-0.39, 0.29) is 38.4 Å². The van der Waals surface area contributed by atoms with Gasteiger partial charge in [-0.1, -0.05) is 6.07 Å². The van der Waals surface area contributed by atoms with Gasteiger partial charge in [0.15, 0.2) is 5.96 Å². The molecule has 6 nitrogen and oxygen atoms in total. The lowest BCUT2D eigenvalue weighted by Crippen LogP contribution is -2.51. The third-order valence-electron chi connectivity index (χ3n) is 4.35. The first kappa shape index (κ1) is 22.3. The van der Waals surface area contributed by atoms with Gasteiger partial charge in [-0.25, -0.2) is 17.2 Å². The summed E-state index contributed by atoms with van der Waals surface area (Å²) in [6.45, 7) is -0.210. The van der Waals surface area contributed by atoms with Gasteiger partial charge in [0.25, 0.3) is 0 Å². The van der Waals surface area contributed by atoms with Gasteiger partial charge in [0.1, 0.15) is 11.6 Å². The van der Waals surface area contributed by atoms with Crippen molar-refractivity contribution in [1.29, 1.82) is 0 Å². The van der Waals surface area contributed by atoms with E-state index < -0.39 is 27.2 Å². The fourth-order valence-corrected chi connectivity index (χ4v) is 3.80. The third kappa shape index (κ3) is 5.53. The molecule has 0 amide bonds. The quantitative estimate of drug-likeness (QED) is 0.428. The van der Waals surface area contributed by atoms with Gasteiger partial charge in [0.05, 0.1) is 0 Å². The zero-order valence-corrected chi connectivity index (χ0v) is 15.9. The summed E-state index contributed by atoms with van der Waals surface area (Å²) >= 11 is 0. The minimum Gasteiger partial charge on any atom is -0.356 e. The van der Waals surface area contributed by atoms with Gasteiger partial charge in [0, 0.05) is 38.8 Å². The summed E-state index contributed by atoms with van der Waals surface area (Å²) in [5, 5.41) is 5.95. The molecule has 1 heterocycles.